The van der Waals surface area contributed by atoms with Gasteiger partial charge in [-0.25, -0.2) is 4.98 Å². The van der Waals surface area contributed by atoms with E-state index in [0.717, 1.165) is 16.8 Å². The number of rotatable bonds is 8. The van der Waals surface area contributed by atoms with Crippen molar-refractivity contribution < 1.29 is 9.53 Å². The van der Waals surface area contributed by atoms with Gasteiger partial charge in [-0.2, -0.15) is 0 Å². The van der Waals surface area contributed by atoms with Gasteiger partial charge in [-0.15, -0.1) is 0 Å². The lowest BCUT2D eigenvalue weighted by atomic mass is 10.1. The number of pyridine rings is 1. The minimum absolute atomic E-state index is 0.00836. The quantitative estimate of drug-likeness (QED) is 0.781. The predicted molar refractivity (Wildman–Crippen MR) is 96.1 cm³/mol. The Balaban J connectivity index is 1.80. The molecule has 0 saturated heterocycles. The number of ether oxygens (including phenoxy) is 1. The predicted octanol–water partition coefficient (Wildman–Crippen LogP) is 3.30. The van der Waals surface area contributed by atoms with Gasteiger partial charge in [-0.1, -0.05) is 18.2 Å². The summed E-state index contributed by atoms with van der Waals surface area (Å²) >= 11 is 0. The minimum Gasteiger partial charge on any atom is -0.478 e. The first-order valence-electron chi connectivity index (χ1n) is 8.25. The van der Waals surface area contributed by atoms with Crippen molar-refractivity contribution in [3.8, 4) is 5.88 Å². The molecular formula is C19H25N3O2. The molecule has 0 fully saturated rings. The average molecular weight is 327 g/mol. The summed E-state index contributed by atoms with van der Waals surface area (Å²) in [6.45, 7) is 7.18. The van der Waals surface area contributed by atoms with Gasteiger partial charge in [0.1, 0.15) is 0 Å². The van der Waals surface area contributed by atoms with Crippen LogP contribution in [-0.4, -0.2) is 23.5 Å². The summed E-state index contributed by atoms with van der Waals surface area (Å²) in [4.78, 5) is 16.3. The number of carbonyl (C=O) groups is 1. The number of nitrogens with one attached hydrogen (secondary N) is 2. The fourth-order valence-electron chi connectivity index (χ4n) is 2.34. The SMILES string of the molecule is CCOc1cc(CN[C@H](C)CC(=O)Nc2ccccc2C)ccn1. The molecule has 0 radical (unpaired) electrons. The second-order valence-corrected chi connectivity index (χ2v) is 5.78. The highest BCUT2D eigenvalue weighted by molar-refractivity contribution is 5.91. The number of nitrogens with zero attached hydrogens (tertiary/aromatic N) is 1. The number of amides is 1. The van der Waals surface area contributed by atoms with Crippen molar-refractivity contribution in [1.29, 1.82) is 0 Å². The Hall–Kier alpha value is -2.40. The lowest BCUT2D eigenvalue weighted by Gasteiger charge is -2.15. The van der Waals surface area contributed by atoms with Crippen molar-refractivity contribution in [2.45, 2.75) is 39.8 Å². The maximum atomic E-state index is 12.1. The van der Waals surface area contributed by atoms with Crippen molar-refractivity contribution in [1.82, 2.24) is 10.3 Å². The molecule has 5 heteroatoms. The summed E-state index contributed by atoms with van der Waals surface area (Å²) in [5.74, 6) is 0.635. The second kappa shape index (κ2) is 9.03. The maximum absolute atomic E-state index is 12.1. The summed E-state index contributed by atoms with van der Waals surface area (Å²) in [5.41, 5.74) is 3.01. The van der Waals surface area contributed by atoms with Crippen LogP contribution in [0, 0.1) is 6.92 Å². The fourth-order valence-corrected chi connectivity index (χ4v) is 2.34. The van der Waals surface area contributed by atoms with Crippen molar-refractivity contribution >= 4 is 11.6 Å². The average Bonchev–Trinajstić information content (AvgIpc) is 2.56. The normalized spacial score (nSPS) is 11.8. The van der Waals surface area contributed by atoms with E-state index in [1.165, 1.54) is 0 Å². The van der Waals surface area contributed by atoms with Gasteiger partial charge in [0.05, 0.1) is 6.61 Å². The molecule has 128 valence electrons. The van der Waals surface area contributed by atoms with E-state index in [1.54, 1.807) is 6.20 Å². The van der Waals surface area contributed by atoms with Crippen LogP contribution in [0.15, 0.2) is 42.6 Å². The van der Waals surface area contributed by atoms with Gasteiger partial charge in [-0.05, 0) is 44.0 Å². The summed E-state index contributed by atoms with van der Waals surface area (Å²) in [7, 11) is 0. The van der Waals surface area contributed by atoms with E-state index in [-0.39, 0.29) is 11.9 Å². The first kappa shape index (κ1) is 17.9. The molecule has 0 unspecified atom stereocenters. The van der Waals surface area contributed by atoms with Crippen LogP contribution in [0.4, 0.5) is 5.69 Å². The first-order chi connectivity index (χ1) is 11.6. The molecule has 1 heterocycles. The molecular weight excluding hydrogens is 302 g/mol. The Labute approximate surface area is 143 Å². The molecule has 0 aliphatic rings. The number of para-hydroxylation sites is 1. The van der Waals surface area contributed by atoms with Crippen LogP contribution < -0.4 is 15.4 Å². The van der Waals surface area contributed by atoms with Gasteiger partial charge in [-0.3, -0.25) is 4.79 Å². The topological polar surface area (TPSA) is 63.2 Å². The van der Waals surface area contributed by atoms with Gasteiger partial charge >= 0.3 is 0 Å². The molecule has 5 nitrogen and oxygen atoms in total. The van der Waals surface area contributed by atoms with Gasteiger partial charge in [0.2, 0.25) is 11.8 Å². The highest BCUT2D eigenvalue weighted by Crippen LogP contribution is 2.14. The van der Waals surface area contributed by atoms with E-state index in [2.05, 4.69) is 15.6 Å². The number of carbonyl (C=O) groups excluding carboxylic acids is 1. The van der Waals surface area contributed by atoms with Crippen LogP contribution in [0.2, 0.25) is 0 Å². The Kier molecular flexibility index (Phi) is 6.75. The second-order valence-electron chi connectivity index (χ2n) is 5.78. The lowest BCUT2D eigenvalue weighted by Crippen LogP contribution is -2.30. The summed E-state index contributed by atoms with van der Waals surface area (Å²) in [6.07, 6.45) is 2.15. The number of hydrogen-bond donors (Lipinski definition) is 2. The van der Waals surface area contributed by atoms with Gasteiger partial charge in [0.15, 0.2) is 0 Å². The number of aryl methyl sites for hydroxylation is 1. The molecule has 2 rings (SSSR count). The smallest absolute Gasteiger partial charge is 0.225 e. The van der Waals surface area contributed by atoms with Gasteiger partial charge in [0, 0.05) is 37.0 Å². The van der Waals surface area contributed by atoms with E-state index in [4.69, 9.17) is 4.74 Å². The maximum Gasteiger partial charge on any atom is 0.225 e. The van der Waals surface area contributed by atoms with E-state index in [1.807, 2.05) is 57.2 Å². The van der Waals surface area contributed by atoms with Crippen LogP contribution >= 0.6 is 0 Å². The zero-order chi connectivity index (χ0) is 17.4. The van der Waals surface area contributed by atoms with E-state index in [0.29, 0.717) is 25.5 Å². The highest BCUT2D eigenvalue weighted by atomic mass is 16.5. The van der Waals surface area contributed by atoms with E-state index >= 15 is 0 Å². The van der Waals surface area contributed by atoms with Crippen LogP contribution in [0.25, 0.3) is 0 Å². The highest BCUT2D eigenvalue weighted by Gasteiger charge is 2.10. The third-order valence-electron chi connectivity index (χ3n) is 3.66. The van der Waals surface area contributed by atoms with Crippen molar-refractivity contribution in [2.24, 2.45) is 0 Å². The molecule has 24 heavy (non-hydrogen) atoms. The first-order valence-corrected chi connectivity index (χ1v) is 8.25. The molecule has 0 spiro atoms. The zero-order valence-electron chi connectivity index (χ0n) is 14.5. The van der Waals surface area contributed by atoms with Crippen LogP contribution in [-0.2, 0) is 11.3 Å². The van der Waals surface area contributed by atoms with Crippen molar-refractivity contribution in [2.75, 3.05) is 11.9 Å². The molecule has 0 saturated carbocycles. The van der Waals surface area contributed by atoms with Gasteiger partial charge in [0.25, 0.3) is 0 Å². The summed E-state index contributed by atoms with van der Waals surface area (Å²) < 4.78 is 5.39. The van der Waals surface area contributed by atoms with Gasteiger partial charge < -0.3 is 15.4 Å². The van der Waals surface area contributed by atoms with Crippen LogP contribution in [0.1, 0.15) is 31.4 Å². The molecule has 0 aliphatic heterocycles. The zero-order valence-corrected chi connectivity index (χ0v) is 14.5. The number of hydrogen-bond acceptors (Lipinski definition) is 4. The summed E-state index contributed by atoms with van der Waals surface area (Å²) in [5, 5.41) is 6.31. The minimum atomic E-state index is 0.00836. The number of anilines is 1. The fraction of sp³-hybridized carbons (Fsp3) is 0.368. The number of benzene rings is 1. The number of aromatic nitrogens is 1. The molecule has 1 atom stereocenters. The van der Waals surface area contributed by atoms with Crippen molar-refractivity contribution in [3.63, 3.8) is 0 Å². The third-order valence-corrected chi connectivity index (χ3v) is 3.66. The molecule has 0 aliphatic carbocycles. The molecule has 1 aromatic carbocycles. The Morgan fingerprint density at radius 1 is 1.29 bits per heavy atom. The Morgan fingerprint density at radius 2 is 2.08 bits per heavy atom. The van der Waals surface area contributed by atoms with E-state index in [9.17, 15) is 4.79 Å². The Bertz CT molecular complexity index is 673. The molecule has 2 aromatic rings. The van der Waals surface area contributed by atoms with E-state index < -0.39 is 0 Å². The standard InChI is InChI=1S/C19H25N3O2/c1-4-24-19-12-16(9-10-20-19)13-21-15(3)11-18(23)22-17-8-6-5-7-14(17)2/h5-10,12,15,21H,4,11,13H2,1-3H3,(H,22,23)/t15-/m1/s1. The third kappa shape index (κ3) is 5.66. The van der Waals surface area contributed by atoms with Crippen LogP contribution in [0.3, 0.4) is 0 Å². The molecule has 2 N–H and O–H groups in total. The Morgan fingerprint density at radius 3 is 2.83 bits per heavy atom. The molecule has 0 bridgehead atoms. The molecule has 1 aromatic heterocycles. The van der Waals surface area contributed by atoms with Crippen LogP contribution in [0.5, 0.6) is 5.88 Å². The lowest BCUT2D eigenvalue weighted by molar-refractivity contribution is -0.116. The summed E-state index contributed by atoms with van der Waals surface area (Å²) in [6, 6.07) is 11.7. The largest absolute Gasteiger partial charge is 0.478 e. The van der Waals surface area contributed by atoms with Crippen molar-refractivity contribution in [3.05, 3.63) is 53.7 Å². The monoisotopic (exact) mass is 327 g/mol. The molecule has 1 amide bonds.